The second-order valence-corrected chi connectivity index (χ2v) is 8.07. The maximum Gasteiger partial charge on any atom is 0.220 e. The van der Waals surface area contributed by atoms with Gasteiger partial charge in [-0.15, -0.1) is 0 Å². The third-order valence-electron chi connectivity index (χ3n) is 5.95. The van der Waals surface area contributed by atoms with Crippen LogP contribution in [0, 0.1) is 23.2 Å². The van der Waals surface area contributed by atoms with Gasteiger partial charge in [0.25, 0.3) is 0 Å². The van der Waals surface area contributed by atoms with E-state index in [4.69, 9.17) is 19.7 Å². The van der Waals surface area contributed by atoms with Gasteiger partial charge in [0.1, 0.15) is 24.5 Å². The number of ether oxygens (including phenoxy) is 2. The van der Waals surface area contributed by atoms with Crippen LogP contribution in [0.2, 0.25) is 0 Å². The molecule has 0 radical (unpaired) electrons. The molecule has 4 N–H and O–H groups in total. The summed E-state index contributed by atoms with van der Waals surface area (Å²) in [6.45, 7) is 4.34. The smallest absolute Gasteiger partial charge is 0.220 e. The van der Waals surface area contributed by atoms with Crippen molar-refractivity contribution in [2.75, 3.05) is 33.5 Å². The first-order valence-electron chi connectivity index (χ1n) is 11.0. The van der Waals surface area contributed by atoms with Crippen molar-refractivity contribution in [3.63, 3.8) is 0 Å². The highest BCUT2D eigenvalue weighted by Gasteiger charge is 2.36. The number of benzene rings is 1. The van der Waals surface area contributed by atoms with Crippen LogP contribution < -0.4 is 10.1 Å². The maximum absolute atomic E-state index is 9.52. The quantitative estimate of drug-likeness (QED) is 0.313. The third kappa shape index (κ3) is 5.89. The molecule has 176 valence electrons. The van der Waals surface area contributed by atoms with Crippen molar-refractivity contribution in [3.8, 4) is 11.8 Å². The molecular weight excluding hydrogens is 422 g/mol. The van der Waals surface area contributed by atoms with E-state index in [2.05, 4.69) is 35.1 Å². The Kier molecular flexibility index (Phi) is 8.80. The Hall–Kier alpha value is -2.96. The normalized spacial score (nSPS) is 22.8. The predicted molar refractivity (Wildman–Crippen MR) is 125 cm³/mol. The molecule has 0 heterocycles. The van der Waals surface area contributed by atoms with Crippen molar-refractivity contribution in [2.24, 2.45) is 16.8 Å². The number of nitriles is 1. The van der Waals surface area contributed by atoms with Crippen LogP contribution in [0.3, 0.4) is 0 Å². The van der Waals surface area contributed by atoms with E-state index in [0.29, 0.717) is 35.4 Å². The van der Waals surface area contributed by atoms with Gasteiger partial charge in [0, 0.05) is 29.8 Å². The zero-order chi connectivity index (χ0) is 23.8. The average molecular weight is 454 g/mol. The predicted octanol–water partition coefficient (Wildman–Crippen LogP) is 1.67. The Labute approximate surface area is 194 Å². The molecule has 0 spiro atoms. The topological polar surface area (TPSA) is 127 Å². The Bertz CT molecular complexity index is 979. The van der Waals surface area contributed by atoms with E-state index in [1.807, 2.05) is 6.08 Å². The molecule has 8 heteroatoms. The van der Waals surface area contributed by atoms with E-state index in [9.17, 15) is 10.4 Å². The van der Waals surface area contributed by atoms with Crippen LogP contribution in [-0.2, 0) is 4.74 Å². The van der Waals surface area contributed by atoms with Crippen LogP contribution in [0.15, 0.2) is 59.3 Å². The van der Waals surface area contributed by atoms with Crippen molar-refractivity contribution in [1.29, 1.82) is 5.26 Å². The van der Waals surface area contributed by atoms with E-state index in [-0.39, 0.29) is 30.7 Å². The maximum atomic E-state index is 9.52. The molecular formula is C25H31N3O5. The highest BCUT2D eigenvalue weighted by molar-refractivity contribution is 5.95. The molecule has 4 atom stereocenters. The summed E-state index contributed by atoms with van der Waals surface area (Å²) in [7, 11) is 1.52. The van der Waals surface area contributed by atoms with E-state index >= 15 is 0 Å². The minimum absolute atomic E-state index is 0.0362. The van der Waals surface area contributed by atoms with E-state index in [1.165, 1.54) is 12.7 Å². The molecule has 2 aliphatic carbocycles. The van der Waals surface area contributed by atoms with Crippen LogP contribution in [0.25, 0.3) is 0 Å². The van der Waals surface area contributed by atoms with E-state index in [0.717, 1.165) is 12.8 Å². The Balaban J connectivity index is 1.77. The number of fused-ring (bicyclic) bond motifs is 1. The Morgan fingerprint density at radius 1 is 1.36 bits per heavy atom. The molecule has 3 rings (SSSR count). The third-order valence-corrected chi connectivity index (χ3v) is 5.95. The summed E-state index contributed by atoms with van der Waals surface area (Å²) in [5.41, 5.74) is 2.86. The molecule has 1 aromatic carbocycles. The molecule has 4 unspecified atom stereocenters. The number of aliphatic hydroxyl groups is 3. The van der Waals surface area contributed by atoms with Gasteiger partial charge < -0.3 is 30.1 Å². The largest absolute Gasteiger partial charge is 0.489 e. The standard InChI is InChI=1S/C25H31N3O5/c1-16(20-4-3-5-22-21(20)7-8-23(22)27-10-11-29)28-25(32-2)17-6-9-24(18(12-17)13-26)33-15-19(31)14-30/h3-6,9,12,19-21,23,27,29-31H,1,7-8,10-11,14-15H2,2H3. The number of methoxy groups -OCH3 is 1. The van der Waals surface area contributed by atoms with Gasteiger partial charge in [0.15, 0.2) is 0 Å². The van der Waals surface area contributed by atoms with Crippen LogP contribution >= 0.6 is 0 Å². The Morgan fingerprint density at radius 2 is 2.18 bits per heavy atom. The van der Waals surface area contributed by atoms with Gasteiger partial charge >= 0.3 is 0 Å². The summed E-state index contributed by atoms with van der Waals surface area (Å²) in [5.74, 6) is 0.981. The van der Waals surface area contributed by atoms with E-state index < -0.39 is 12.7 Å². The fourth-order valence-electron chi connectivity index (χ4n) is 4.34. The van der Waals surface area contributed by atoms with Crippen LogP contribution in [0.1, 0.15) is 24.0 Å². The number of allylic oxidation sites excluding steroid dienone is 3. The molecule has 1 saturated carbocycles. The lowest BCUT2D eigenvalue weighted by Crippen LogP contribution is -2.32. The molecule has 2 aliphatic rings. The van der Waals surface area contributed by atoms with Crippen LogP contribution in [0.5, 0.6) is 5.75 Å². The second-order valence-electron chi connectivity index (χ2n) is 8.07. The summed E-state index contributed by atoms with van der Waals surface area (Å²) in [6.07, 6.45) is 7.26. The zero-order valence-electron chi connectivity index (χ0n) is 18.8. The summed E-state index contributed by atoms with van der Waals surface area (Å²) >= 11 is 0. The van der Waals surface area contributed by atoms with Gasteiger partial charge in [-0.05, 0) is 42.5 Å². The second kappa shape index (κ2) is 11.8. The van der Waals surface area contributed by atoms with Gasteiger partial charge in [-0.3, -0.25) is 0 Å². The van der Waals surface area contributed by atoms with Gasteiger partial charge in [0.2, 0.25) is 5.90 Å². The molecule has 0 amide bonds. The summed E-state index contributed by atoms with van der Waals surface area (Å²) < 4.78 is 11.0. The van der Waals surface area contributed by atoms with Crippen molar-refractivity contribution >= 4 is 5.90 Å². The van der Waals surface area contributed by atoms with Crippen molar-refractivity contribution in [2.45, 2.75) is 25.0 Å². The van der Waals surface area contributed by atoms with Gasteiger partial charge in [-0.25, -0.2) is 4.99 Å². The summed E-state index contributed by atoms with van der Waals surface area (Å²) in [5, 5.41) is 40.4. The number of nitrogens with one attached hydrogen (secondary N) is 1. The molecule has 8 nitrogen and oxygen atoms in total. The minimum Gasteiger partial charge on any atom is -0.489 e. The first-order valence-corrected chi connectivity index (χ1v) is 11.0. The zero-order valence-corrected chi connectivity index (χ0v) is 18.8. The first kappa shape index (κ1) is 24.7. The monoisotopic (exact) mass is 453 g/mol. The highest BCUT2D eigenvalue weighted by atomic mass is 16.5. The summed E-state index contributed by atoms with van der Waals surface area (Å²) in [4.78, 5) is 4.67. The molecule has 0 bridgehead atoms. The van der Waals surface area contributed by atoms with Crippen molar-refractivity contribution in [1.82, 2.24) is 5.32 Å². The summed E-state index contributed by atoms with van der Waals surface area (Å²) in [6, 6.07) is 7.29. The number of rotatable bonds is 10. The lowest BCUT2D eigenvalue weighted by molar-refractivity contribution is 0.0535. The van der Waals surface area contributed by atoms with Crippen LogP contribution in [-0.4, -0.2) is 66.8 Å². The fraction of sp³-hybridized carbons (Fsp3) is 0.440. The highest BCUT2D eigenvalue weighted by Crippen LogP contribution is 2.42. The fourth-order valence-corrected chi connectivity index (χ4v) is 4.34. The van der Waals surface area contributed by atoms with E-state index in [1.54, 1.807) is 18.2 Å². The number of aliphatic hydroxyl groups excluding tert-OH is 3. The van der Waals surface area contributed by atoms with Gasteiger partial charge in [-0.2, -0.15) is 5.26 Å². The molecule has 0 saturated heterocycles. The lowest BCUT2D eigenvalue weighted by atomic mass is 9.81. The van der Waals surface area contributed by atoms with Gasteiger partial charge in [0.05, 0.1) is 25.9 Å². The molecule has 1 aromatic rings. The van der Waals surface area contributed by atoms with Gasteiger partial charge in [-0.1, -0.05) is 24.8 Å². The number of hydrogen-bond acceptors (Lipinski definition) is 8. The van der Waals surface area contributed by atoms with Crippen molar-refractivity contribution in [3.05, 3.63) is 65.4 Å². The lowest BCUT2D eigenvalue weighted by Gasteiger charge is -2.27. The molecule has 0 aliphatic heterocycles. The average Bonchev–Trinajstić information content (AvgIpc) is 3.27. The van der Waals surface area contributed by atoms with Crippen molar-refractivity contribution < 1.29 is 24.8 Å². The Morgan fingerprint density at radius 3 is 2.88 bits per heavy atom. The SMILES string of the molecule is C=C(N=C(OC)c1ccc(OCC(O)CO)c(C#N)c1)C1C=CC=C2C(NCCO)CCC21. The number of aliphatic imine (C=N–C) groups is 1. The number of nitrogens with zero attached hydrogens (tertiary/aromatic N) is 2. The molecule has 33 heavy (non-hydrogen) atoms. The molecule has 0 aromatic heterocycles. The number of hydrogen-bond donors (Lipinski definition) is 4. The van der Waals surface area contributed by atoms with Crippen LogP contribution in [0.4, 0.5) is 0 Å². The molecule has 1 fully saturated rings. The first-order chi connectivity index (χ1) is 16.0. The minimum atomic E-state index is -1.02.